The summed E-state index contributed by atoms with van der Waals surface area (Å²) in [4.78, 5) is 19.8. The largest absolute Gasteiger partial charge is 0.487 e. The van der Waals surface area contributed by atoms with Gasteiger partial charge in [-0.05, 0) is 89.3 Å². The number of fused-ring (bicyclic) bond motifs is 1. The van der Waals surface area contributed by atoms with E-state index in [1.807, 2.05) is 45.9 Å². The smallest absolute Gasteiger partial charge is 0.329 e. The van der Waals surface area contributed by atoms with Crippen LogP contribution in [0.15, 0.2) is 42.5 Å². The molecule has 0 N–H and O–H groups in total. The van der Waals surface area contributed by atoms with E-state index in [9.17, 15) is 4.79 Å². The molecule has 0 unspecified atom stereocenters. The van der Waals surface area contributed by atoms with E-state index in [4.69, 9.17) is 9.47 Å². The Bertz CT molecular complexity index is 1180. The molecule has 0 saturated carbocycles. The molecule has 1 atom stereocenters. The van der Waals surface area contributed by atoms with Crippen LogP contribution in [-0.4, -0.2) is 29.1 Å². The van der Waals surface area contributed by atoms with E-state index < -0.39 is 5.60 Å². The molecule has 2 heterocycles. The van der Waals surface area contributed by atoms with Crippen molar-refractivity contribution in [1.82, 2.24) is 4.98 Å². The second-order valence-corrected chi connectivity index (χ2v) is 9.96. The van der Waals surface area contributed by atoms with Crippen molar-refractivity contribution in [1.29, 1.82) is 0 Å². The van der Waals surface area contributed by atoms with Gasteiger partial charge in [0, 0.05) is 23.3 Å². The van der Waals surface area contributed by atoms with E-state index in [2.05, 4.69) is 48.0 Å². The number of pyridine rings is 1. The number of aryl methyl sites for hydroxylation is 2. The molecule has 1 aliphatic heterocycles. The minimum atomic E-state index is -0.489. The molecule has 0 radical (unpaired) electrons. The lowest BCUT2D eigenvalue weighted by atomic mass is 10.0. The summed E-state index contributed by atoms with van der Waals surface area (Å²) in [5, 5.41) is 1.07. The van der Waals surface area contributed by atoms with Gasteiger partial charge in [0.15, 0.2) is 0 Å². The van der Waals surface area contributed by atoms with Gasteiger partial charge in [0.2, 0.25) is 0 Å². The first-order valence-electron chi connectivity index (χ1n) is 11.7. The summed E-state index contributed by atoms with van der Waals surface area (Å²) in [7, 11) is 0. The molecule has 2 aromatic carbocycles. The minimum absolute atomic E-state index is 0.144. The summed E-state index contributed by atoms with van der Waals surface area (Å²) < 4.78 is 12.0. The second kappa shape index (κ2) is 9.05. The molecule has 33 heavy (non-hydrogen) atoms. The Balaban J connectivity index is 1.60. The van der Waals surface area contributed by atoms with Crippen LogP contribution in [0.1, 0.15) is 56.0 Å². The Kier molecular flexibility index (Phi) is 6.33. The van der Waals surface area contributed by atoms with Crippen LogP contribution in [0.25, 0.3) is 10.9 Å². The van der Waals surface area contributed by atoms with Gasteiger partial charge in [-0.3, -0.25) is 0 Å². The van der Waals surface area contributed by atoms with Crippen LogP contribution in [0.3, 0.4) is 0 Å². The molecule has 0 aliphatic carbocycles. The van der Waals surface area contributed by atoms with E-state index in [0.717, 1.165) is 58.5 Å². The number of carbonyl (C=O) groups is 1. The number of hydrogen-bond acceptors (Lipinski definition) is 5. The van der Waals surface area contributed by atoms with Gasteiger partial charge in [0.1, 0.15) is 29.5 Å². The van der Waals surface area contributed by atoms with Crippen LogP contribution < -0.4 is 9.64 Å². The molecule has 0 spiro atoms. The number of aromatic nitrogens is 1. The van der Waals surface area contributed by atoms with Gasteiger partial charge in [-0.2, -0.15) is 0 Å². The van der Waals surface area contributed by atoms with Gasteiger partial charge >= 0.3 is 5.97 Å². The van der Waals surface area contributed by atoms with Gasteiger partial charge in [-0.25, -0.2) is 9.78 Å². The average molecular weight is 447 g/mol. The summed E-state index contributed by atoms with van der Waals surface area (Å²) in [5.74, 6) is 0.642. The molecule has 1 aliphatic rings. The Morgan fingerprint density at radius 1 is 1.09 bits per heavy atom. The van der Waals surface area contributed by atoms with E-state index >= 15 is 0 Å². The molecule has 0 bridgehead atoms. The molecule has 174 valence electrons. The van der Waals surface area contributed by atoms with Crippen molar-refractivity contribution in [3.63, 3.8) is 0 Å². The van der Waals surface area contributed by atoms with Crippen molar-refractivity contribution in [2.75, 3.05) is 11.4 Å². The number of para-hydroxylation sites is 1. The number of carbonyl (C=O) groups excluding carboxylic acids is 1. The zero-order valence-electron chi connectivity index (χ0n) is 20.6. The first-order valence-corrected chi connectivity index (χ1v) is 11.7. The Labute approximate surface area is 196 Å². The number of esters is 1. The molecule has 3 aromatic rings. The predicted molar refractivity (Wildman–Crippen MR) is 133 cm³/mol. The monoisotopic (exact) mass is 446 g/mol. The summed E-state index contributed by atoms with van der Waals surface area (Å²) in [6.45, 7) is 13.3. The highest BCUT2D eigenvalue weighted by molar-refractivity contribution is 5.84. The lowest BCUT2D eigenvalue weighted by Crippen LogP contribution is -2.41. The van der Waals surface area contributed by atoms with Crippen LogP contribution in [-0.2, 0) is 16.1 Å². The third kappa shape index (κ3) is 4.97. The predicted octanol–water partition coefficient (Wildman–Crippen LogP) is 6.05. The lowest BCUT2D eigenvalue weighted by Gasteiger charge is -2.30. The maximum absolute atomic E-state index is 12.9. The fourth-order valence-corrected chi connectivity index (χ4v) is 4.57. The molecule has 1 aromatic heterocycles. The van der Waals surface area contributed by atoms with E-state index in [1.54, 1.807) is 0 Å². The standard InChI is InChI=1S/C28H34N2O3/c1-18-12-15-23(30-16-8-10-24(30)27(31)33-28(4,5)6)20(3)22(18)17-32-25-11-7-9-21-14-13-19(2)29-26(21)25/h7,9,11-15,24H,8,10,16-17H2,1-6H3/t24-/m1/s1. The number of hydrogen-bond donors (Lipinski definition) is 0. The van der Waals surface area contributed by atoms with E-state index in [0.29, 0.717) is 6.61 Å². The normalized spacial score (nSPS) is 16.3. The zero-order valence-corrected chi connectivity index (χ0v) is 20.6. The van der Waals surface area contributed by atoms with E-state index in [1.165, 1.54) is 5.56 Å². The number of anilines is 1. The van der Waals surface area contributed by atoms with Gasteiger partial charge in [-0.1, -0.05) is 24.3 Å². The Hall–Kier alpha value is -3.08. The first-order chi connectivity index (χ1) is 15.6. The molecule has 1 saturated heterocycles. The average Bonchev–Trinajstić information content (AvgIpc) is 3.22. The second-order valence-electron chi connectivity index (χ2n) is 9.96. The fraction of sp³-hybridized carbons (Fsp3) is 0.429. The molecule has 1 fully saturated rings. The van der Waals surface area contributed by atoms with Crippen LogP contribution in [0, 0.1) is 20.8 Å². The lowest BCUT2D eigenvalue weighted by molar-refractivity contribution is -0.156. The molecular formula is C28H34N2O3. The maximum atomic E-state index is 12.9. The third-order valence-corrected chi connectivity index (χ3v) is 6.24. The van der Waals surface area contributed by atoms with Crippen LogP contribution in [0.4, 0.5) is 5.69 Å². The quantitative estimate of drug-likeness (QED) is 0.447. The Morgan fingerprint density at radius 2 is 1.88 bits per heavy atom. The van der Waals surface area contributed by atoms with Crippen molar-refractivity contribution in [2.24, 2.45) is 0 Å². The maximum Gasteiger partial charge on any atom is 0.329 e. The highest BCUT2D eigenvalue weighted by Gasteiger charge is 2.35. The van der Waals surface area contributed by atoms with Crippen LogP contribution in [0.5, 0.6) is 5.75 Å². The number of ether oxygens (including phenoxy) is 2. The minimum Gasteiger partial charge on any atom is -0.487 e. The fourth-order valence-electron chi connectivity index (χ4n) is 4.57. The SMILES string of the molecule is Cc1ccc2cccc(OCc3c(C)ccc(N4CCC[C@@H]4C(=O)OC(C)(C)C)c3C)c2n1. The van der Waals surface area contributed by atoms with Crippen molar-refractivity contribution in [3.8, 4) is 5.75 Å². The van der Waals surface area contributed by atoms with Crippen LogP contribution in [0.2, 0.25) is 0 Å². The number of rotatable bonds is 5. The highest BCUT2D eigenvalue weighted by atomic mass is 16.6. The van der Waals surface area contributed by atoms with Gasteiger partial charge < -0.3 is 14.4 Å². The number of benzene rings is 2. The molecule has 5 heteroatoms. The van der Waals surface area contributed by atoms with E-state index in [-0.39, 0.29) is 12.0 Å². The van der Waals surface area contributed by atoms with Crippen molar-refractivity contribution >= 4 is 22.6 Å². The summed E-state index contributed by atoms with van der Waals surface area (Å²) >= 11 is 0. The van der Waals surface area contributed by atoms with Gasteiger partial charge in [0.05, 0.1) is 0 Å². The molecule has 5 nitrogen and oxygen atoms in total. The van der Waals surface area contributed by atoms with Gasteiger partial charge in [0.25, 0.3) is 0 Å². The van der Waals surface area contributed by atoms with Gasteiger partial charge in [-0.15, -0.1) is 0 Å². The van der Waals surface area contributed by atoms with Crippen molar-refractivity contribution in [2.45, 2.75) is 72.6 Å². The Morgan fingerprint density at radius 3 is 2.64 bits per heavy atom. The topological polar surface area (TPSA) is 51.7 Å². The summed E-state index contributed by atoms with van der Waals surface area (Å²) in [6, 6.07) is 14.1. The molecule has 0 amide bonds. The first kappa shape index (κ1) is 23.1. The highest BCUT2D eigenvalue weighted by Crippen LogP contribution is 2.34. The molecular weight excluding hydrogens is 412 g/mol. The number of nitrogens with zero attached hydrogens (tertiary/aromatic N) is 2. The molecule has 4 rings (SSSR count). The van der Waals surface area contributed by atoms with Crippen molar-refractivity contribution in [3.05, 3.63) is 64.8 Å². The summed E-state index contributed by atoms with van der Waals surface area (Å²) in [5.41, 5.74) is 5.91. The third-order valence-electron chi connectivity index (χ3n) is 6.24. The van der Waals surface area contributed by atoms with Crippen LogP contribution >= 0.6 is 0 Å². The summed E-state index contributed by atoms with van der Waals surface area (Å²) in [6.07, 6.45) is 1.79. The van der Waals surface area contributed by atoms with Crippen molar-refractivity contribution < 1.29 is 14.3 Å². The zero-order chi connectivity index (χ0) is 23.8.